The number of carbonyl (C=O) groups is 4. The summed E-state index contributed by atoms with van der Waals surface area (Å²) in [5.41, 5.74) is 0.753. The van der Waals surface area contributed by atoms with Crippen LogP contribution in [0, 0.1) is 0 Å². The lowest BCUT2D eigenvalue weighted by molar-refractivity contribution is -0.139. The summed E-state index contributed by atoms with van der Waals surface area (Å²) in [5.74, 6) is -2.67. The van der Waals surface area contributed by atoms with Crippen LogP contribution in [0.5, 0.6) is 5.75 Å². The Morgan fingerprint density at radius 2 is 1.67 bits per heavy atom. The van der Waals surface area contributed by atoms with E-state index >= 15 is 0 Å². The fourth-order valence-corrected chi connectivity index (χ4v) is 2.65. The van der Waals surface area contributed by atoms with Crippen molar-refractivity contribution in [3.63, 3.8) is 0 Å². The second-order valence-electron chi connectivity index (χ2n) is 6.15. The van der Waals surface area contributed by atoms with E-state index in [0.717, 1.165) is 0 Å². The second-order valence-corrected chi connectivity index (χ2v) is 6.56. The molecule has 0 saturated carbocycles. The van der Waals surface area contributed by atoms with E-state index in [4.69, 9.17) is 21.4 Å². The van der Waals surface area contributed by atoms with Crippen molar-refractivity contribution in [3.8, 4) is 5.75 Å². The zero-order valence-corrected chi connectivity index (χ0v) is 16.4. The third kappa shape index (κ3) is 7.10. The van der Waals surface area contributed by atoms with E-state index in [0.29, 0.717) is 5.56 Å². The Labute approximate surface area is 176 Å². The van der Waals surface area contributed by atoms with E-state index < -0.39 is 30.0 Å². The minimum absolute atomic E-state index is 0.00336. The van der Waals surface area contributed by atoms with E-state index in [1.165, 1.54) is 24.3 Å². The summed E-state index contributed by atoms with van der Waals surface area (Å²) in [6.45, 7) is -0.0718. The molecular formula is C20H19ClN2O7. The Balaban J connectivity index is 1.95. The topological polar surface area (TPSA) is 142 Å². The van der Waals surface area contributed by atoms with Crippen molar-refractivity contribution in [1.29, 1.82) is 0 Å². The molecule has 0 aliphatic rings. The molecule has 2 rings (SSSR count). The van der Waals surface area contributed by atoms with Gasteiger partial charge >= 0.3 is 18.0 Å². The summed E-state index contributed by atoms with van der Waals surface area (Å²) in [6.07, 6.45) is -1.04. The van der Waals surface area contributed by atoms with Gasteiger partial charge in [-0.1, -0.05) is 35.9 Å². The van der Waals surface area contributed by atoms with E-state index in [9.17, 15) is 24.3 Å². The molecular weight excluding hydrogens is 416 g/mol. The molecule has 2 aromatic rings. The number of benzene rings is 2. The Bertz CT molecular complexity index is 931. The van der Waals surface area contributed by atoms with Crippen LogP contribution in [0.2, 0.25) is 5.02 Å². The van der Waals surface area contributed by atoms with E-state index in [2.05, 4.69) is 10.6 Å². The molecule has 2 aromatic carbocycles. The van der Waals surface area contributed by atoms with Crippen LogP contribution >= 0.6 is 11.6 Å². The van der Waals surface area contributed by atoms with Crippen molar-refractivity contribution >= 4 is 35.5 Å². The molecule has 0 saturated heterocycles. The van der Waals surface area contributed by atoms with Gasteiger partial charge in [-0.15, -0.1) is 0 Å². The highest BCUT2D eigenvalue weighted by Gasteiger charge is 2.22. The van der Waals surface area contributed by atoms with Gasteiger partial charge in [0.1, 0.15) is 11.8 Å². The van der Waals surface area contributed by atoms with Crippen molar-refractivity contribution in [2.45, 2.75) is 18.9 Å². The number of amides is 2. The smallest absolute Gasteiger partial charge is 0.412 e. The van der Waals surface area contributed by atoms with Gasteiger partial charge in [0.05, 0.1) is 17.0 Å². The van der Waals surface area contributed by atoms with Crippen LogP contribution in [0.4, 0.5) is 4.79 Å². The molecule has 0 fully saturated rings. The Kier molecular flexibility index (Phi) is 8.18. The third-order valence-electron chi connectivity index (χ3n) is 3.90. The number of aliphatic carboxylic acids is 2. The van der Waals surface area contributed by atoms with E-state index in [-0.39, 0.29) is 35.7 Å². The maximum Gasteiger partial charge on any atom is 0.412 e. The summed E-state index contributed by atoms with van der Waals surface area (Å²) >= 11 is 5.96. The Morgan fingerprint density at radius 1 is 1.00 bits per heavy atom. The van der Waals surface area contributed by atoms with Crippen molar-refractivity contribution in [3.05, 3.63) is 64.7 Å². The van der Waals surface area contributed by atoms with Crippen molar-refractivity contribution < 1.29 is 34.1 Å². The minimum Gasteiger partial charge on any atom is -0.481 e. The van der Waals surface area contributed by atoms with Crippen molar-refractivity contribution in [1.82, 2.24) is 10.6 Å². The standard InChI is InChI=1S/C20H19ClN2O7/c21-15-4-2-1-3-14(15)18(26)23-16(19(27)28)11-12-5-7-13(8-6-12)30-20(29)22-10-9-17(24)25/h1-8,16H,9-11H2,(H,22,29)(H,23,26)(H,24,25)(H,27,28)/t16-/m0/s1. The highest BCUT2D eigenvalue weighted by molar-refractivity contribution is 6.33. The van der Waals surface area contributed by atoms with Gasteiger partial charge in [-0.3, -0.25) is 9.59 Å². The molecule has 0 aromatic heterocycles. The summed E-state index contributed by atoms with van der Waals surface area (Å²) in [6, 6.07) is 11.1. The number of carboxylic acids is 2. The van der Waals surface area contributed by atoms with Gasteiger partial charge < -0.3 is 25.6 Å². The molecule has 0 heterocycles. The zero-order chi connectivity index (χ0) is 22.1. The molecule has 0 aliphatic carbocycles. The van der Waals surface area contributed by atoms with Gasteiger partial charge in [0.25, 0.3) is 5.91 Å². The van der Waals surface area contributed by atoms with Crippen LogP contribution in [0.1, 0.15) is 22.3 Å². The maximum absolute atomic E-state index is 12.3. The van der Waals surface area contributed by atoms with Crippen LogP contribution in [0.3, 0.4) is 0 Å². The number of hydrogen-bond acceptors (Lipinski definition) is 5. The lowest BCUT2D eigenvalue weighted by atomic mass is 10.1. The van der Waals surface area contributed by atoms with E-state index in [1.807, 2.05) is 0 Å². The van der Waals surface area contributed by atoms with Gasteiger partial charge in [0, 0.05) is 13.0 Å². The number of carbonyl (C=O) groups excluding carboxylic acids is 2. The Hall–Kier alpha value is -3.59. The van der Waals surface area contributed by atoms with Gasteiger partial charge in [-0.2, -0.15) is 0 Å². The monoisotopic (exact) mass is 434 g/mol. The summed E-state index contributed by atoms with van der Waals surface area (Å²) in [4.78, 5) is 45.8. The van der Waals surface area contributed by atoms with Crippen LogP contribution < -0.4 is 15.4 Å². The first-order valence-electron chi connectivity index (χ1n) is 8.81. The lowest BCUT2D eigenvalue weighted by Gasteiger charge is -2.15. The van der Waals surface area contributed by atoms with Gasteiger partial charge in [0.2, 0.25) is 0 Å². The maximum atomic E-state index is 12.3. The SMILES string of the molecule is O=C(O)CCNC(=O)Oc1ccc(C[C@H](NC(=O)c2ccccc2Cl)C(=O)O)cc1. The molecule has 0 spiro atoms. The highest BCUT2D eigenvalue weighted by atomic mass is 35.5. The highest BCUT2D eigenvalue weighted by Crippen LogP contribution is 2.16. The number of carboxylic acid groups (broad SMARTS) is 2. The van der Waals surface area contributed by atoms with Crippen molar-refractivity contribution in [2.24, 2.45) is 0 Å². The predicted octanol–water partition coefficient (Wildman–Crippen LogP) is 2.33. The quantitative estimate of drug-likeness (QED) is 0.474. The molecule has 0 bridgehead atoms. The summed E-state index contributed by atoms with van der Waals surface area (Å²) < 4.78 is 5.00. The van der Waals surface area contributed by atoms with Crippen LogP contribution in [0.15, 0.2) is 48.5 Å². The molecule has 2 amide bonds. The minimum atomic E-state index is -1.21. The first-order valence-corrected chi connectivity index (χ1v) is 9.18. The first-order chi connectivity index (χ1) is 14.3. The molecule has 30 heavy (non-hydrogen) atoms. The second kappa shape index (κ2) is 10.8. The number of halogens is 1. The van der Waals surface area contributed by atoms with Crippen LogP contribution in [-0.4, -0.2) is 46.7 Å². The lowest BCUT2D eigenvalue weighted by Crippen LogP contribution is -2.42. The van der Waals surface area contributed by atoms with E-state index in [1.54, 1.807) is 24.3 Å². The summed E-state index contributed by atoms with van der Waals surface area (Å²) in [5, 5.41) is 22.9. The normalized spacial score (nSPS) is 11.2. The largest absolute Gasteiger partial charge is 0.481 e. The molecule has 4 N–H and O–H groups in total. The van der Waals surface area contributed by atoms with Gasteiger partial charge in [0.15, 0.2) is 0 Å². The summed E-state index contributed by atoms with van der Waals surface area (Å²) in [7, 11) is 0. The van der Waals surface area contributed by atoms with Crippen LogP contribution in [0.25, 0.3) is 0 Å². The Morgan fingerprint density at radius 3 is 2.27 bits per heavy atom. The number of rotatable bonds is 9. The molecule has 158 valence electrons. The fourth-order valence-electron chi connectivity index (χ4n) is 2.43. The number of nitrogens with one attached hydrogen (secondary N) is 2. The molecule has 10 heteroatoms. The predicted molar refractivity (Wildman–Crippen MR) is 107 cm³/mol. The fraction of sp³-hybridized carbons (Fsp3) is 0.200. The number of hydrogen-bond donors (Lipinski definition) is 4. The molecule has 1 atom stereocenters. The molecule has 0 aliphatic heterocycles. The van der Waals surface area contributed by atoms with Gasteiger partial charge in [-0.05, 0) is 29.8 Å². The average Bonchev–Trinajstić information content (AvgIpc) is 2.68. The molecule has 9 nitrogen and oxygen atoms in total. The zero-order valence-electron chi connectivity index (χ0n) is 15.6. The number of ether oxygens (including phenoxy) is 1. The average molecular weight is 435 g/mol. The van der Waals surface area contributed by atoms with Crippen molar-refractivity contribution in [2.75, 3.05) is 6.54 Å². The molecule has 0 unspecified atom stereocenters. The molecule has 0 radical (unpaired) electrons. The van der Waals surface area contributed by atoms with Gasteiger partial charge in [-0.25, -0.2) is 9.59 Å². The third-order valence-corrected chi connectivity index (χ3v) is 4.23. The van der Waals surface area contributed by atoms with Crippen LogP contribution in [-0.2, 0) is 16.0 Å². The first kappa shape index (κ1) is 22.7.